The number of hydrogen-bond acceptors (Lipinski definition) is 7. The second-order valence-corrected chi connectivity index (χ2v) is 6.56. The molecule has 0 bridgehead atoms. The zero-order valence-corrected chi connectivity index (χ0v) is 16.9. The van der Waals surface area contributed by atoms with Gasteiger partial charge in [-0.2, -0.15) is 0 Å². The maximum absolute atomic E-state index is 5.70. The van der Waals surface area contributed by atoms with Gasteiger partial charge in [0.25, 0.3) is 0 Å². The first-order valence-electron chi connectivity index (χ1n) is 9.49. The SMILES string of the molecule is COc1ccc(OCCNc2cc(Nc3ccc(OC(C)C)cc3)ncn2)cc1. The van der Waals surface area contributed by atoms with Gasteiger partial charge in [-0.25, -0.2) is 9.97 Å². The average molecular weight is 394 g/mol. The fraction of sp³-hybridized carbons (Fsp3) is 0.273. The minimum Gasteiger partial charge on any atom is -0.497 e. The van der Waals surface area contributed by atoms with E-state index in [0.29, 0.717) is 19.0 Å². The van der Waals surface area contributed by atoms with Crippen LogP contribution >= 0.6 is 0 Å². The Kier molecular flexibility index (Phi) is 7.10. The quantitative estimate of drug-likeness (QED) is 0.490. The molecule has 3 aromatic rings. The van der Waals surface area contributed by atoms with Gasteiger partial charge in [0.15, 0.2) is 0 Å². The Labute approximate surface area is 171 Å². The highest BCUT2D eigenvalue weighted by Crippen LogP contribution is 2.21. The molecule has 0 spiro atoms. The Balaban J connectivity index is 1.47. The summed E-state index contributed by atoms with van der Waals surface area (Å²) in [6.45, 7) is 5.13. The normalized spacial score (nSPS) is 10.5. The molecule has 7 nitrogen and oxygen atoms in total. The molecule has 1 heterocycles. The van der Waals surface area contributed by atoms with Crippen LogP contribution in [-0.2, 0) is 0 Å². The van der Waals surface area contributed by atoms with Crippen molar-refractivity contribution >= 4 is 17.3 Å². The third-order valence-electron chi connectivity index (χ3n) is 3.90. The highest BCUT2D eigenvalue weighted by molar-refractivity contribution is 5.59. The lowest BCUT2D eigenvalue weighted by Crippen LogP contribution is -2.12. The van der Waals surface area contributed by atoms with Crippen molar-refractivity contribution in [2.75, 3.05) is 30.9 Å². The standard InChI is InChI=1S/C22H26N4O3/c1-16(2)29-20-6-4-17(5-7-20)26-22-14-21(24-15-25-22)23-12-13-28-19-10-8-18(27-3)9-11-19/h4-11,14-16H,12-13H2,1-3H3,(H2,23,24,25,26). The van der Waals surface area contributed by atoms with Gasteiger partial charge in [-0.1, -0.05) is 0 Å². The average Bonchev–Trinajstić information content (AvgIpc) is 2.73. The van der Waals surface area contributed by atoms with Crippen LogP contribution in [-0.4, -0.2) is 36.3 Å². The first-order valence-corrected chi connectivity index (χ1v) is 9.49. The van der Waals surface area contributed by atoms with E-state index in [1.165, 1.54) is 6.33 Å². The third-order valence-corrected chi connectivity index (χ3v) is 3.90. The van der Waals surface area contributed by atoms with Crippen molar-refractivity contribution in [2.45, 2.75) is 20.0 Å². The van der Waals surface area contributed by atoms with Crippen LogP contribution in [0.5, 0.6) is 17.2 Å². The van der Waals surface area contributed by atoms with Crippen molar-refractivity contribution in [3.05, 3.63) is 60.9 Å². The van der Waals surface area contributed by atoms with Gasteiger partial charge in [0.1, 0.15) is 41.8 Å². The molecule has 0 saturated heterocycles. The Morgan fingerprint density at radius 2 is 1.52 bits per heavy atom. The number of anilines is 3. The molecule has 2 aromatic carbocycles. The molecule has 0 aliphatic heterocycles. The first-order chi connectivity index (χ1) is 14.1. The zero-order chi connectivity index (χ0) is 20.5. The molecule has 7 heteroatoms. The van der Waals surface area contributed by atoms with E-state index in [-0.39, 0.29) is 6.10 Å². The Morgan fingerprint density at radius 1 is 0.862 bits per heavy atom. The number of ether oxygens (including phenoxy) is 3. The lowest BCUT2D eigenvalue weighted by molar-refractivity contribution is 0.242. The van der Waals surface area contributed by atoms with E-state index >= 15 is 0 Å². The summed E-state index contributed by atoms with van der Waals surface area (Å²) in [5.74, 6) is 3.87. The number of methoxy groups -OCH3 is 1. The molecule has 152 valence electrons. The van der Waals surface area contributed by atoms with Gasteiger partial charge in [-0.05, 0) is 62.4 Å². The van der Waals surface area contributed by atoms with Crippen LogP contribution in [0.15, 0.2) is 60.9 Å². The minimum absolute atomic E-state index is 0.151. The van der Waals surface area contributed by atoms with Crippen LogP contribution in [0.4, 0.5) is 17.3 Å². The fourth-order valence-corrected chi connectivity index (χ4v) is 2.58. The summed E-state index contributed by atoms with van der Waals surface area (Å²) in [5, 5.41) is 6.50. The number of hydrogen-bond donors (Lipinski definition) is 2. The van der Waals surface area contributed by atoms with E-state index in [2.05, 4.69) is 20.6 Å². The summed E-state index contributed by atoms with van der Waals surface area (Å²) in [6.07, 6.45) is 1.67. The van der Waals surface area contributed by atoms with Crippen molar-refractivity contribution in [3.63, 3.8) is 0 Å². The summed E-state index contributed by atoms with van der Waals surface area (Å²) in [5.41, 5.74) is 0.925. The highest BCUT2D eigenvalue weighted by Gasteiger charge is 2.02. The lowest BCUT2D eigenvalue weighted by Gasteiger charge is -2.12. The summed E-state index contributed by atoms with van der Waals surface area (Å²) in [4.78, 5) is 8.50. The molecule has 3 rings (SSSR count). The zero-order valence-electron chi connectivity index (χ0n) is 16.9. The monoisotopic (exact) mass is 394 g/mol. The van der Waals surface area contributed by atoms with Gasteiger partial charge in [0.05, 0.1) is 19.8 Å². The number of nitrogens with zero attached hydrogens (tertiary/aromatic N) is 2. The first kappa shape index (κ1) is 20.3. The van der Waals surface area contributed by atoms with Gasteiger partial charge in [0.2, 0.25) is 0 Å². The molecule has 0 unspecified atom stereocenters. The summed E-state index contributed by atoms with van der Waals surface area (Å²) in [7, 11) is 1.64. The Morgan fingerprint density at radius 3 is 2.21 bits per heavy atom. The second kappa shape index (κ2) is 10.2. The van der Waals surface area contributed by atoms with E-state index < -0.39 is 0 Å². The predicted octanol–water partition coefficient (Wildman–Crippen LogP) is 4.51. The highest BCUT2D eigenvalue weighted by atomic mass is 16.5. The molecule has 0 atom stereocenters. The van der Waals surface area contributed by atoms with Crippen molar-refractivity contribution in [2.24, 2.45) is 0 Å². The molecule has 29 heavy (non-hydrogen) atoms. The van der Waals surface area contributed by atoms with Crippen LogP contribution < -0.4 is 24.8 Å². The van der Waals surface area contributed by atoms with Crippen molar-refractivity contribution in [3.8, 4) is 17.2 Å². The number of nitrogens with one attached hydrogen (secondary N) is 2. The molecule has 0 amide bonds. The van der Waals surface area contributed by atoms with Gasteiger partial charge >= 0.3 is 0 Å². The molecule has 1 aromatic heterocycles. The van der Waals surface area contributed by atoms with E-state index in [1.807, 2.05) is 68.4 Å². The molecular weight excluding hydrogens is 368 g/mol. The molecule has 0 aliphatic carbocycles. The summed E-state index contributed by atoms with van der Waals surface area (Å²) in [6, 6.07) is 17.1. The van der Waals surface area contributed by atoms with Crippen LogP contribution in [0.25, 0.3) is 0 Å². The van der Waals surface area contributed by atoms with E-state index in [4.69, 9.17) is 14.2 Å². The molecule has 0 fully saturated rings. The topological polar surface area (TPSA) is 77.5 Å². The molecule has 0 radical (unpaired) electrons. The van der Waals surface area contributed by atoms with Crippen LogP contribution in [0.1, 0.15) is 13.8 Å². The minimum atomic E-state index is 0.151. The fourth-order valence-electron chi connectivity index (χ4n) is 2.58. The Bertz CT molecular complexity index is 883. The number of rotatable bonds is 10. The largest absolute Gasteiger partial charge is 0.497 e. The van der Waals surface area contributed by atoms with Gasteiger partial charge in [-0.3, -0.25) is 0 Å². The van der Waals surface area contributed by atoms with E-state index in [1.54, 1.807) is 7.11 Å². The second-order valence-electron chi connectivity index (χ2n) is 6.56. The van der Waals surface area contributed by atoms with E-state index in [0.717, 1.165) is 28.8 Å². The van der Waals surface area contributed by atoms with E-state index in [9.17, 15) is 0 Å². The van der Waals surface area contributed by atoms with Gasteiger partial charge in [0, 0.05) is 11.8 Å². The number of benzene rings is 2. The predicted molar refractivity (Wildman–Crippen MR) is 114 cm³/mol. The van der Waals surface area contributed by atoms with Crippen molar-refractivity contribution in [1.29, 1.82) is 0 Å². The molecule has 0 aliphatic rings. The van der Waals surface area contributed by atoms with Crippen molar-refractivity contribution in [1.82, 2.24) is 9.97 Å². The smallest absolute Gasteiger partial charge is 0.135 e. The lowest BCUT2D eigenvalue weighted by atomic mass is 10.3. The molecular formula is C22H26N4O3. The third kappa shape index (κ3) is 6.57. The summed E-state index contributed by atoms with van der Waals surface area (Å²) < 4.78 is 16.5. The van der Waals surface area contributed by atoms with Crippen LogP contribution in [0.2, 0.25) is 0 Å². The maximum Gasteiger partial charge on any atom is 0.135 e. The molecule has 2 N–H and O–H groups in total. The van der Waals surface area contributed by atoms with Crippen LogP contribution in [0, 0.1) is 0 Å². The maximum atomic E-state index is 5.70. The van der Waals surface area contributed by atoms with Gasteiger partial charge < -0.3 is 24.8 Å². The number of aromatic nitrogens is 2. The molecule has 0 saturated carbocycles. The van der Waals surface area contributed by atoms with Gasteiger partial charge in [-0.15, -0.1) is 0 Å². The van der Waals surface area contributed by atoms with Crippen molar-refractivity contribution < 1.29 is 14.2 Å². The summed E-state index contributed by atoms with van der Waals surface area (Å²) >= 11 is 0. The Hall–Kier alpha value is -3.48. The van der Waals surface area contributed by atoms with Crippen LogP contribution in [0.3, 0.4) is 0 Å².